The molecule has 1 unspecified atom stereocenters. The highest BCUT2D eigenvalue weighted by molar-refractivity contribution is 5.77. The molecule has 1 aromatic rings. The maximum Gasteiger partial charge on any atom is 0.312 e. The Morgan fingerprint density at radius 1 is 1.38 bits per heavy atom. The molecule has 0 saturated heterocycles. The average Bonchev–Trinajstić information content (AvgIpc) is 2.15. The fraction of sp³-hybridized carbons (Fsp3) is 0.417. The van der Waals surface area contributed by atoms with E-state index in [9.17, 15) is 13.6 Å². The molecular weight excluding hydrogens is 214 g/mol. The Hall–Kier alpha value is -1.45. The van der Waals surface area contributed by atoms with E-state index in [0.29, 0.717) is 6.42 Å². The predicted octanol–water partition coefficient (Wildman–Crippen LogP) is 3.09. The smallest absolute Gasteiger partial charge is 0.312 e. The van der Waals surface area contributed by atoms with Crippen LogP contribution in [0.5, 0.6) is 0 Å². The molecule has 0 aliphatic heterocycles. The highest BCUT2D eigenvalue weighted by atomic mass is 19.1. The van der Waals surface area contributed by atoms with Crippen molar-refractivity contribution in [1.29, 1.82) is 0 Å². The van der Waals surface area contributed by atoms with E-state index in [2.05, 4.69) is 0 Å². The molecule has 1 saturated carbocycles. The fourth-order valence-corrected chi connectivity index (χ4v) is 2.11. The zero-order valence-electron chi connectivity index (χ0n) is 8.62. The van der Waals surface area contributed by atoms with E-state index in [1.165, 1.54) is 18.2 Å². The SMILES string of the molecule is O=C(O)C1(C(F)c2ccccc2F)CCC1. The summed E-state index contributed by atoms with van der Waals surface area (Å²) in [6.07, 6.45) is -0.531. The van der Waals surface area contributed by atoms with Gasteiger partial charge in [-0.15, -0.1) is 0 Å². The van der Waals surface area contributed by atoms with Gasteiger partial charge in [-0.25, -0.2) is 8.78 Å². The van der Waals surface area contributed by atoms with Crippen molar-refractivity contribution in [3.05, 3.63) is 35.6 Å². The van der Waals surface area contributed by atoms with Crippen molar-refractivity contribution < 1.29 is 18.7 Å². The molecule has 1 aliphatic carbocycles. The molecule has 1 N–H and O–H groups in total. The number of aliphatic carboxylic acids is 1. The summed E-state index contributed by atoms with van der Waals surface area (Å²) in [5, 5.41) is 9.04. The van der Waals surface area contributed by atoms with Crippen LogP contribution in [0.2, 0.25) is 0 Å². The quantitative estimate of drug-likeness (QED) is 0.859. The van der Waals surface area contributed by atoms with Gasteiger partial charge in [0, 0.05) is 5.56 Å². The molecule has 0 spiro atoms. The third-order valence-corrected chi connectivity index (χ3v) is 3.34. The zero-order valence-corrected chi connectivity index (χ0v) is 8.62. The van der Waals surface area contributed by atoms with E-state index in [1.807, 2.05) is 0 Å². The highest BCUT2D eigenvalue weighted by Crippen LogP contribution is 2.52. The minimum absolute atomic E-state index is 0.149. The predicted molar refractivity (Wildman–Crippen MR) is 54.2 cm³/mol. The van der Waals surface area contributed by atoms with Gasteiger partial charge >= 0.3 is 5.97 Å². The fourth-order valence-electron chi connectivity index (χ4n) is 2.11. The topological polar surface area (TPSA) is 37.3 Å². The van der Waals surface area contributed by atoms with Crippen molar-refractivity contribution in [2.45, 2.75) is 25.4 Å². The highest BCUT2D eigenvalue weighted by Gasteiger charge is 2.52. The monoisotopic (exact) mass is 226 g/mol. The number of hydrogen-bond donors (Lipinski definition) is 1. The lowest BCUT2D eigenvalue weighted by Gasteiger charge is -2.40. The Labute approximate surface area is 91.9 Å². The molecule has 0 bridgehead atoms. The van der Waals surface area contributed by atoms with Gasteiger partial charge in [-0.05, 0) is 18.9 Å². The molecule has 0 heterocycles. The molecule has 1 atom stereocenters. The van der Waals surface area contributed by atoms with Crippen molar-refractivity contribution in [2.75, 3.05) is 0 Å². The second-order valence-corrected chi connectivity index (χ2v) is 4.20. The van der Waals surface area contributed by atoms with Crippen LogP contribution < -0.4 is 0 Å². The first-order valence-electron chi connectivity index (χ1n) is 5.20. The minimum Gasteiger partial charge on any atom is -0.481 e. The Bertz CT molecular complexity index is 413. The molecule has 1 aliphatic rings. The van der Waals surface area contributed by atoms with Gasteiger partial charge in [-0.3, -0.25) is 4.79 Å². The normalized spacial score (nSPS) is 19.9. The van der Waals surface area contributed by atoms with Crippen LogP contribution in [0.1, 0.15) is 31.0 Å². The molecule has 2 rings (SSSR count). The van der Waals surface area contributed by atoms with E-state index < -0.39 is 23.4 Å². The Balaban J connectivity index is 2.35. The summed E-state index contributed by atoms with van der Waals surface area (Å²) in [7, 11) is 0. The summed E-state index contributed by atoms with van der Waals surface area (Å²) in [4.78, 5) is 11.1. The number of hydrogen-bond acceptors (Lipinski definition) is 1. The van der Waals surface area contributed by atoms with Gasteiger partial charge in [0.1, 0.15) is 17.4 Å². The molecule has 0 aromatic heterocycles. The van der Waals surface area contributed by atoms with Gasteiger partial charge in [0.2, 0.25) is 0 Å². The molecule has 0 radical (unpaired) electrons. The average molecular weight is 226 g/mol. The van der Waals surface area contributed by atoms with Gasteiger partial charge in [-0.2, -0.15) is 0 Å². The first kappa shape index (κ1) is 11.0. The molecule has 1 fully saturated rings. The van der Waals surface area contributed by atoms with E-state index in [4.69, 9.17) is 5.11 Å². The molecule has 2 nitrogen and oxygen atoms in total. The summed E-state index contributed by atoms with van der Waals surface area (Å²) in [5.74, 6) is -1.85. The lowest BCUT2D eigenvalue weighted by atomic mass is 9.64. The molecular formula is C12H12F2O2. The third kappa shape index (κ3) is 1.49. The molecule has 4 heteroatoms. The summed E-state index contributed by atoms with van der Waals surface area (Å²) in [6.45, 7) is 0. The van der Waals surface area contributed by atoms with E-state index >= 15 is 0 Å². The van der Waals surface area contributed by atoms with Crippen LogP contribution in [0, 0.1) is 11.2 Å². The number of carbonyl (C=O) groups is 1. The number of alkyl halides is 1. The van der Waals surface area contributed by atoms with Gasteiger partial charge < -0.3 is 5.11 Å². The summed E-state index contributed by atoms with van der Waals surface area (Å²) in [6, 6.07) is 5.43. The second kappa shape index (κ2) is 3.85. The largest absolute Gasteiger partial charge is 0.481 e. The van der Waals surface area contributed by atoms with Crippen LogP contribution >= 0.6 is 0 Å². The third-order valence-electron chi connectivity index (χ3n) is 3.34. The zero-order chi connectivity index (χ0) is 11.8. The van der Waals surface area contributed by atoms with E-state index in [-0.39, 0.29) is 18.4 Å². The standard InChI is InChI=1S/C12H12F2O2/c13-9-5-2-1-4-8(9)10(14)12(11(15)16)6-3-7-12/h1-2,4-5,10H,3,6-7H2,(H,15,16). The lowest BCUT2D eigenvalue weighted by molar-refractivity contribution is -0.161. The first-order valence-corrected chi connectivity index (χ1v) is 5.20. The van der Waals surface area contributed by atoms with E-state index in [1.54, 1.807) is 0 Å². The summed E-state index contributed by atoms with van der Waals surface area (Å²) in [5.41, 5.74) is -1.56. The molecule has 0 amide bonds. The van der Waals surface area contributed by atoms with Crippen LogP contribution in [0.3, 0.4) is 0 Å². The van der Waals surface area contributed by atoms with Gasteiger partial charge in [0.15, 0.2) is 0 Å². The van der Waals surface area contributed by atoms with Crippen molar-refractivity contribution in [1.82, 2.24) is 0 Å². The Morgan fingerprint density at radius 3 is 2.44 bits per heavy atom. The first-order chi connectivity index (χ1) is 7.58. The molecule has 86 valence electrons. The van der Waals surface area contributed by atoms with Crippen LogP contribution in [0.15, 0.2) is 24.3 Å². The number of carboxylic acid groups (broad SMARTS) is 1. The maximum atomic E-state index is 14.1. The van der Waals surface area contributed by atoms with Gasteiger partial charge in [0.05, 0.1) is 0 Å². The summed E-state index contributed by atoms with van der Waals surface area (Å²) < 4.78 is 27.5. The number of halogens is 2. The van der Waals surface area contributed by atoms with Crippen LogP contribution in [0.4, 0.5) is 8.78 Å². The molecule has 1 aromatic carbocycles. The van der Waals surface area contributed by atoms with Crippen molar-refractivity contribution in [3.63, 3.8) is 0 Å². The number of benzene rings is 1. The minimum atomic E-state index is -1.76. The number of carboxylic acids is 1. The van der Waals surface area contributed by atoms with Crippen LogP contribution in [-0.4, -0.2) is 11.1 Å². The Morgan fingerprint density at radius 2 is 2.00 bits per heavy atom. The lowest BCUT2D eigenvalue weighted by Crippen LogP contribution is -2.42. The maximum absolute atomic E-state index is 14.1. The van der Waals surface area contributed by atoms with Crippen LogP contribution in [-0.2, 0) is 4.79 Å². The Kier molecular flexibility index (Phi) is 2.66. The van der Waals surface area contributed by atoms with Crippen molar-refractivity contribution in [3.8, 4) is 0 Å². The van der Waals surface area contributed by atoms with Gasteiger partial charge in [0.25, 0.3) is 0 Å². The molecule has 16 heavy (non-hydrogen) atoms. The van der Waals surface area contributed by atoms with E-state index in [0.717, 1.165) is 6.07 Å². The van der Waals surface area contributed by atoms with Crippen molar-refractivity contribution in [2.24, 2.45) is 5.41 Å². The van der Waals surface area contributed by atoms with Crippen LogP contribution in [0.25, 0.3) is 0 Å². The second-order valence-electron chi connectivity index (χ2n) is 4.20. The summed E-state index contributed by atoms with van der Waals surface area (Å²) >= 11 is 0. The van der Waals surface area contributed by atoms with Crippen molar-refractivity contribution >= 4 is 5.97 Å². The number of rotatable bonds is 3. The van der Waals surface area contributed by atoms with Gasteiger partial charge in [-0.1, -0.05) is 24.6 Å².